The van der Waals surface area contributed by atoms with Gasteiger partial charge in [-0.2, -0.15) is 0 Å². The highest BCUT2D eigenvalue weighted by Crippen LogP contribution is 2.65. The molecule has 42 heavy (non-hydrogen) atoms. The zero-order chi connectivity index (χ0) is 28.8. The number of unbranched alkanes of at least 4 members (excludes halogenated alkanes) is 4. The Kier molecular flexibility index (Phi) is 7.62. The van der Waals surface area contributed by atoms with Gasteiger partial charge in [0.15, 0.2) is 11.5 Å². The van der Waals surface area contributed by atoms with Crippen molar-refractivity contribution in [2.45, 2.75) is 107 Å². The SMILES string of the molecule is COc1cc(O)c2c3c1O[C@H]1[C@@H](N(C)C(=O)CCCCCCCc4ccccc4)CC[C@H]4[C@@H](C2)N(CC2CC2)CC[C@@]341. The first-order valence-electron chi connectivity index (χ1n) is 16.6. The van der Waals surface area contributed by atoms with Crippen LogP contribution >= 0.6 is 0 Å². The highest BCUT2D eigenvalue weighted by atomic mass is 16.5. The topological polar surface area (TPSA) is 62.2 Å². The highest BCUT2D eigenvalue weighted by Gasteiger charge is 2.67. The lowest BCUT2D eigenvalue weighted by atomic mass is 9.50. The van der Waals surface area contributed by atoms with Crippen LogP contribution in [-0.4, -0.2) is 66.2 Å². The van der Waals surface area contributed by atoms with Crippen molar-refractivity contribution in [3.63, 3.8) is 0 Å². The summed E-state index contributed by atoms with van der Waals surface area (Å²) < 4.78 is 12.7. The zero-order valence-electron chi connectivity index (χ0n) is 25.5. The van der Waals surface area contributed by atoms with Crippen molar-refractivity contribution in [2.24, 2.45) is 11.8 Å². The van der Waals surface area contributed by atoms with Crippen molar-refractivity contribution in [3.8, 4) is 17.2 Å². The normalized spacial score (nSPS) is 29.1. The molecule has 2 aromatic carbocycles. The minimum Gasteiger partial charge on any atom is -0.508 e. The van der Waals surface area contributed by atoms with E-state index in [1.807, 2.05) is 11.9 Å². The molecule has 6 heteroatoms. The Balaban J connectivity index is 1.03. The Hall–Kier alpha value is -2.73. The molecule has 3 aliphatic carbocycles. The Morgan fingerprint density at radius 1 is 1.10 bits per heavy atom. The maximum absolute atomic E-state index is 13.6. The second-order valence-electron chi connectivity index (χ2n) is 13.8. The van der Waals surface area contributed by atoms with E-state index in [2.05, 4.69) is 35.2 Å². The van der Waals surface area contributed by atoms with Crippen molar-refractivity contribution < 1.29 is 19.4 Å². The number of amides is 1. The fourth-order valence-corrected chi connectivity index (χ4v) is 9.20. The Bertz CT molecular complexity index is 1290. The Morgan fingerprint density at radius 3 is 2.67 bits per heavy atom. The van der Waals surface area contributed by atoms with Gasteiger partial charge < -0.3 is 19.5 Å². The molecule has 2 aliphatic heterocycles. The van der Waals surface area contributed by atoms with Crippen LogP contribution in [0.2, 0.25) is 0 Å². The molecule has 226 valence electrons. The van der Waals surface area contributed by atoms with Crippen LogP contribution in [0.15, 0.2) is 36.4 Å². The maximum Gasteiger partial charge on any atom is 0.222 e. The molecule has 2 saturated carbocycles. The van der Waals surface area contributed by atoms with Gasteiger partial charge in [-0.3, -0.25) is 9.69 Å². The van der Waals surface area contributed by atoms with Gasteiger partial charge in [-0.05, 0) is 81.7 Å². The molecule has 7 rings (SSSR count). The molecule has 0 unspecified atom stereocenters. The first kappa shape index (κ1) is 28.1. The smallest absolute Gasteiger partial charge is 0.222 e. The summed E-state index contributed by atoms with van der Waals surface area (Å²) in [4.78, 5) is 18.3. The highest BCUT2D eigenvalue weighted by molar-refractivity contribution is 5.76. The number of phenolic OH excluding ortho intramolecular Hbond substituents is 1. The van der Waals surface area contributed by atoms with Crippen LogP contribution in [0, 0.1) is 11.8 Å². The van der Waals surface area contributed by atoms with Crippen LogP contribution in [0.25, 0.3) is 0 Å². The van der Waals surface area contributed by atoms with Gasteiger partial charge in [0.2, 0.25) is 5.91 Å². The molecular formula is C36H48N2O4. The number of hydrogen-bond acceptors (Lipinski definition) is 5. The minimum atomic E-state index is -0.157. The summed E-state index contributed by atoms with van der Waals surface area (Å²) in [6.45, 7) is 2.26. The minimum absolute atomic E-state index is 0.0421. The van der Waals surface area contributed by atoms with E-state index in [0.29, 0.717) is 29.9 Å². The van der Waals surface area contributed by atoms with Gasteiger partial charge in [0.05, 0.1) is 13.2 Å². The summed E-state index contributed by atoms with van der Waals surface area (Å²) >= 11 is 0. The van der Waals surface area contributed by atoms with Crippen LogP contribution < -0.4 is 9.47 Å². The van der Waals surface area contributed by atoms with Gasteiger partial charge in [-0.15, -0.1) is 0 Å². The standard InChI is InChI=1S/C36H48N2O4/c1-37(32(40)14-10-5-3-4-7-11-24-12-8-6-9-13-24)28-18-17-27-29-21-26-30(39)22-31(41-2)34-33(26)36(27,35(28)42-34)19-20-38(29)23-25-15-16-25/h6,8-9,12-13,22,25,27-29,35,39H,3-5,7,10-11,14-21,23H2,1-2H3/t27-,28-,29+,35-,36-/m0/s1. The number of methoxy groups -OCH3 is 1. The van der Waals surface area contributed by atoms with E-state index < -0.39 is 0 Å². The van der Waals surface area contributed by atoms with Crippen LogP contribution in [0.4, 0.5) is 0 Å². The lowest BCUT2D eigenvalue weighted by molar-refractivity contribution is -0.140. The van der Waals surface area contributed by atoms with Crippen LogP contribution in [-0.2, 0) is 23.1 Å². The number of carbonyl (C=O) groups is 1. The molecule has 5 aliphatic rings. The Labute approximate surface area is 251 Å². The maximum atomic E-state index is 13.6. The predicted octanol–water partition coefficient (Wildman–Crippen LogP) is 6.26. The van der Waals surface area contributed by atoms with Gasteiger partial charge >= 0.3 is 0 Å². The number of phenols is 1. The van der Waals surface area contributed by atoms with Crippen molar-refractivity contribution in [3.05, 3.63) is 53.1 Å². The number of ether oxygens (including phenoxy) is 2. The van der Waals surface area contributed by atoms with E-state index in [4.69, 9.17) is 9.47 Å². The average Bonchev–Trinajstić information content (AvgIpc) is 3.76. The number of benzene rings is 2. The molecule has 5 atom stereocenters. The number of aromatic hydroxyl groups is 1. The largest absolute Gasteiger partial charge is 0.508 e. The molecule has 1 spiro atoms. The van der Waals surface area contributed by atoms with Crippen molar-refractivity contribution in [2.75, 3.05) is 27.2 Å². The number of hydrogen-bond donors (Lipinski definition) is 1. The second kappa shape index (κ2) is 11.4. The summed E-state index contributed by atoms with van der Waals surface area (Å²) in [7, 11) is 3.67. The van der Waals surface area contributed by atoms with E-state index in [-0.39, 0.29) is 23.5 Å². The molecule has 1 N–H and O–H groups in total. The summed E-state index contributed by atoms with van der Waals surface area (Å²) in [6.07, 6.45) is 14.0. The van der Waals surface area contributed by atoms with Crippen LogP contribution in [0.1, 0.15) is 87.3 Å². The summed E-state index contributed by atoms with van der Waals surface area (Å²) in [6, 6.07) is 13.0. The lowest BCUT2D eigenvalue weighted by Crippen LogP contribution is -2.69. The van der Waals surface area contributed by atoms with E-state index in [1.165, 1.54) is 49.8 Å². The average molecular weight is 573 g/mol. The van der Waals surface area contributed by atoms with Gasteiger partial charge in [-0.1, -0.05) is 49.6 Å². The number of rotatable bonds is 12. The molecular weight excluding hydrogens is 524 g/mol. The first-order chi connectivity index (χ1) is 20.5. The van der Waals surface area contributed by atoms with Crippen molar-refractivity contribution >= 4 is 5.91 Å². The van der Waals surface area contributed by atoms with Crippen molar-refractivity contribution in [1.29, 1.82) is 0 Å². The van der Waals surface area contributed by atoms with E-state index in [1.54, 1.807) is 13.2 Å². The number of carbonyl (C=O) groups excluding carboxylic acids is 1. The molecule has 2 aromatic rings. The third-order valence-corrected chi connectivity index (χ3v) is 11.5. The molecule has 2 heterocycles. The zero-order valence-corrected chi connectivity index (χ0v) is 25.5. The lowest BCUT2D eigenvalue weighted by Gasteiger charge is -2.60. The number of likely N-dealkylation sites (N-methyl/N-ethyl adjacent to an activating group) is 1. The van der Waals surface area contributed by atoms with Crippen LogP contribution in [0.3, 0.4) is 0 Å². The van der Waals surface area contributed by atoms with Gasteiger partial charge in [-0.25, -0.2) is 0 Å². The first-order valence-corrected chi connectivity index (χ1v) is 16.6. The van der Waals surface area contributed by atoms with E-state index in [9.17, 15) is 9.90 Å². The molecule has 2 bridgehead atoms. The number of likely N-dealkylation sites (tertiary alicyclic amines) is 1. The van der Waals surface area contributed by atoms with E-state index >= 15 is 0 Å². The fraction of sp³-hybridized carbons (Fsp3) is 0.639. The fourth-order valence-electron chi connectivity index (χ4n) is 9.20. The summed E-state index contributed by atoms with van der Waals surface area (Å²) in [5.41, 5.74) is 3.53. The quantitative estimate of drug-likeness (QED) is 0.304. The number of nitrogens with zero attached hydrogens (tertiary/aromatic N) is 2. The molecule has 1 saturated heterocycles. The molecule has 0 aromatic heterocycles. The van der Waals surface area contributed by atoms with Gasteiger partial charge in [0.25, 0.3) is 0 Å². The molecule has 3 fully saturated rings. The predicted molar refractivity (Wildman–Crippen MR) is 164 cm³/mol. The third-order valence-electron chi connectivity index (χ3n) is 11.5. The van der Waals surface area contributed by atoms with E-state index in [0.717, 1.165) is 68.7 Å². The molecule has 6 nitrogen and oxygen atoms in total. The molecule has 0 radical (unpaired) electrons. The number of aryl methyl sites for hydroxylation is 1. The van der Waals surface area contributed by atoms with Crippen molar-refractivity contribution in [1.82, 2.24) is 9.80 Å². The monoisotopic (exact) mass is 572 g/mol. The Morgan fingerprint density at radius 2 is 1.88 bits per heavy atom. The summed E-state index contributed by atoms with van der Waals surface area (Å²) in [5, 5.41) is 11.2. The molecule has 1 amide bonds. The van der Waals surface area contributed by atoms with Gasteiger partial charge in [0.1, 0.15) is 11.9 Å². The second-order valence-corrected chi connectivity index (χ2v) is 13.8. The number of piperidine rings is 1. The van der Waals surface area contributed by atoms with Gasteiger partial charge in [0, 0.05) is 48.7 Å². The third kappa shape index (κ3) is 4.78. The van der Waals surface area contributed by atoms with Crippen LogP contribution in [0.5, 0.6) is 17.2 Å². The summed E-state index contributed by atoms with van der Waals surface area (Å²) in [5.74, 6) is 3.39.